The van der Waals surface area contributed by atoms with E-state index in [1.54, 1.807) is 0 Å². The SMILES string of the molecule is COC(=O)CCC(C)C(C)=O. The van der Waals surface area contributed by atoms with Crippen LogP contribution < -0.4 is 0 Å². The standard InChI is InChI=1S/C8H14O3/c1-6(7(2)9)4-5-8(10)11-3/h6H,4-5H2,1-3H3. The molecule has 3 heteroatoms. The zero-order valence-electron chi connectivity index (χ0n) is 7.22. The summed E-state index contributed by atoms with van der Waals surface area (Å²) in [5.74, 6) is -0.166. The monoisotopic (exact) mass is 158 g/mol. The molecule has 64 valence electrons. The predicted molar refractivity (Wildman–Crippen MR) is 41.1 cm³/mol. The van der Waals surface area contributed by atoms with Gasteiger partial charge in [0.15, 0.2) is 0 Å². The summed E-state index contributed by atoms with van der Waals surface area (Å²) in [6.07, 6.45) is 0.916. The molecule has 11 heavy (non-hydrogen) atoms. The number of Topliss-reactive ketones (excluding diaryl/α,β-unsaturated/α-hetero) is 1. The molecule has 0 aromatic rings. The van der Waals surface area contributed by atoms with Crippen molar-refractivity contribution in [2.75, 3.05) is 7.11 Å². The zero-order chi connectivity index (χ0) is 8.85. The van der Waals surface area contributed by atoms with E-state index in [9.17, 15) is 9.59 Å². The minimum Gasteiger partial charge on any atom is -0.469 e. The lowest BCUT2D eigenvalue weighted by Crippen LogP contribution is -2.09. The van der Waals surface area contributed by atoms with Crippen LogP contribution in [0.1, 0.15) is 26.7 Å². The quantitative estimate of drug-likeness (QED) is 0.577. The fourth-order valence-corrected chi connectivity index (χ4v) is 0.640. The molecule has 0 bridgehead atoms. The summed E-state index contributed by atoms with van der Waals surface area (Å²) in [5.41, 5.74) is 0. The number of hydrogen-bond donors (Lipinski definition) is 0. The molecule has 0 aliphatic rings. The summed E-state index contributed by atoms with van der Waals surface area (Å²) >= 11 is 0. The van der Waals surface area contributed by atoms with Crippen LogP contribution in [0.2, 0.25) is 0 Å². The van der Waals surface area contributed by atoms with Crippen LogP contribution in [0.5, 0.6) is 0 Å². The van der Waals surface area contributed by atoms with Crippen LogP contribution in [0.3, 0.4) is 0 Å². The number of esters is 1. The first-order valence-corrected chi connectivity index (χ1v) is 3.65. The second-order valence-electron chi connectivity index (χ2n) is 2.63. The van der Waals surface area contributed by atoms with Crippen molar-refractivity contribution in [3.8, 4) is 0 Å². The molecule has 1 unspecified atom stereocenters. The number of methoxy groups -OCH3 is 1. The fraction of sp³-hybridized carbons (Fsp3) is 0.750. The van der Waals surface area contributed by atoms with E-state index in [0.29, 0.717) is 12.8 Å². The van der Waals surface area contributed by atoms with Crippen molar-refractivity contribution in [2.45, 2.75) is 26.7 Å². The fourth-order valence-electron chi connectivity index (χ4n) is 0.640. The summed E-state index contributed by atoms with van der Waals surface area (Å²) in [6, 6.07) is 0. The largest absolute Gasteiger partial charge is 0.469 e. The summed E-state index contributed by atoms with van der Waals surface area (Å²) in [6.45, 7) is 3.34. The molecule has 0 heterocycles. The molecule has 0 fully saturated rings. The molecular formula is C8H14O3. The zero-order valence-corrected chi connectivity index (χ0v) is 7.22. The molecule has 0 aliphatic carbocycles. The summed E-state index contributed by atoms with van der Waals surface area (Å²) in [4.78, 5) is 21.3. The lowest BCUT2D eigenvalue weighted by atomic mass is 10.0. The average Bonchev–Trinajstić information content (AvgIpc) is 1.99. The van der Waals surface area contributed by atoms with E-state index in [4.69, 9.17) is 0 Å². The molecule has 0 N–H and O–H groups in total. The van der Waals surface area contributed by atoms with Crippen molar-refractivity contribution in [1.29, 1.82) is 0 Å². The van der Waals surface area contributed by atoms with E-state index < -0.39 is 0 Å². The van der Waals surface area contributed by atoms with E-state index >= 15 is 0 Å². The maximum atomic E-state index is 10.7. The highest BCUT2D eigenvalue weighted by atomic mass is 16.5. The van der Waals surface area contributed by atoms with Gasteiger partial charge < -0.3 is 4.74 Å². The first-order chi connectivity index (χ1) is 5.07. The third-order valence-electron chi connectivity index (χ3n) is 1.70. The molecule has 1 atom stereocenters. The molecule has 0 aliphatic heterocycles. The van der Waals surface area contributed by atoms with Crippen molar-refractivity contribution < 1.29 is 14.3 Å². The number of ether oxygens (including phenoxy) is 1. The van der Waals surface area contributed by atoms with Gasteiger partial charge in [0.25, 0.3) is 0 Å². The van der Waals surface area contributed by atoms with Gasteiger partial charge in [-0.2, -0.15) is 0 Å². The Bertz CT molecular complexity index is 151. The molecule has 0 saturated heterocycles. The van der Waals surface area contributed by atoms with Crippen LogP contribution in [0, 0.1) is 5.92 Å². The topological polar surface area (TPSA) is 43.4 Å². The van der Waals surface area contributed by atoms with Crippen molar-refractivity contribution in [3.63, 3.8) is 0 Å². The highest BCUT2D eigenvalue weighted by Gasteiger charge is 2.09. The Hall–Kier alpha value is -0.860. The third-order valence-corrected chi connectivity index (χ3v) is 1.70. The molecule has 0 amide bonds. The molecule has 0 saturated carbocycles. The van der Waals surface area contributed by atoms with Gasteiger partial charge in [0, 0.05) is 12.3 Å². The number of rotatable bonds is 4. The number of hydrogen-bond acceptors (Lipinski definition) is 3. The normalized spacial score (nSPS) is 12.3. The minimum atomic E-state index is -0.252. The second-order valence-corrected chi connectivity index (χ2v) is 2.63. The molecule has 0 spiro atoms. The van der Waals surface area contributed by atoms with Crippen LogP contribution in [-0.2, 0) is 14.3 Å². The van der Waals surface area contributed by atoms with Crippen molar-refractivity contribution >= 4 is 11.8 Å². The number of carbonyl (C=O) groups is 2. The Morgan fingerprint density at radius 1 is 1.45 bits per heavy atom. The van der Waals surface area contributed by atoms with Gasteiger partial charge in [-0.15, -0.1) is 0 Å². The lowest BCUT2D eigenvalue weighted by Gasteiger charge is -2.04. The van der Waals surface area contributed by atoms with E-state index in [1.807, 2.05) is 6.92 Å². The molecule has 0 radical (unpaired) electrons. The summed E-state index contributed by atoms with van der Waals surface area (Å²) < 4.78 is 4.43. The molecule has 3 nitrogen and oxygen atoms in total. The van der Waals surface area contributed by atoms with Crippen LogP contribution in [0.25, 0.3) is 0 Å². The summed E-state index contributed by atoms with van der Waals surface area (Å²) in [7, 11) is 1.35. The van der Waals surface area contributed by atoms with Gasteiger partial charge in [-0.25, -0.2) is 0 Å². The van der Waals surface area contributed by atoms with Gasteiger partial charge in [-0.3, -0.25) is 9.59 Å². The Balaban J connectivity index is 3.54. The van der Waals surface area contributed by atoms with Crippen molar-refractivity contribution in [2.24, 2.45) is 5.92 Å². The average molecular weight is 158 g/mol. The van der Waals surface area contributed by atoms with Crippen LogP contribution >= 0.6 is 0 Å². The lowest BCUT2D eigenvalue weighted by molar-refractivity contribution is -0.141. The molecule has 0 aromatic heterocycles. The Morgan fingerprint density at radius 2 is 2.00 bits per heavy atom. The van der Waals surface area contributed by atoms with Gasteiger partial charge in [0.1, 0.15) is 5.78 Å². The maximum Gasteiger partial charge on any atom is 0.305 e. The van der Waals surface area contributed by atoms with Gasteiger partial charge in [-0.05, 0) is 13.3 Å². The van der Waals surface area contributed by atoms with Crippen molar-refractivity contribution in [3.05, 3.63) is 0 Å². The molecule has 0 rings (SSSR count). The van der Waals surface area contributed by atoms with Crippen molar-refractivity contribution in [1.82, 2.24) is 0 Å². The second kappa shape index (κ2) is 4.88. The van der Waals surface area contributed by atoms with Gasteiger partial charge in [0.2, 0.25) is 0 Å². The Kier molecular flexibility index (Phi) is 4.50. The van der Waals surface area contributed by atoms with E-state index in [0.717, 1.165) is 0 Å². The number of carbonyl (C=O) groups excluding carboxylic acids is 2. The van der Waals surface area contributed by atoms with Gasteiger partial charge >= 0.3 is 5.97 Å². The highest BCUT2D eigenvalue weighted by Crippen LogP contribution is 2.06. The smallest absolute Gasteiger partial charge is 0.305 e. The number of ketones is 1. The first-order valence-electron chi connectivity index (χ1n) is 3.65. The van der Waals surface area contributed by atoms with E-state index in [2.05, 4.69) is 4.74 Å². The summed E-state index contributed by atoms with van der Waals surface area (Å²) in [5, 5.41) is 0. The maximum absolute atomic E-state index is 10.7. The van der Waals surface area contributed by atoms with Crippen LogP contribution in [0.4, 0.5) is 0 Å². The molecular weight excluding hydrogens is 144 g/mol. The highest BCUT2D eigenvalue weighted by molar-refractivity contribution is 5.78. The predicted octanol–water partition coefficient (Wildman–Crippen LogP) is 1.16. The first kappa shape index (κ1) is 10.1. The third kappa shape index (κ3) is 4.53. The van der Waals surface area contributed by atoms with Gasteiger partial charge in [-0.1, -0.05) is 6.92 Å². The van der Waals surface area contributed by atoms with Gasteiger partial charge in [0.05, 0.1) is 7.11 Å². The Labute approximate surface area is 66.7 Å². The van der Waals surface area contributed by atoms with Crippen LogP contribution in [-0.4, -0.2) is 18.9 Å². The Morgan fingerprint density at radius 3 is 2.36 bits per heavy atom. The minimum absolute atomic E-state index is 0.0332. The van der Waals surface area contributed by atoms with E-state index in [1.165, 1.54) is 14.0 Å². The van der Waals surface area contributed by atoms with E-state index in [-0.39, 0.29) is 17.7 Å². The molecule has 0 aromatic carbocycles. The van der Waals surface area contributed by atoms with Crippen LogP contribution in [0.15, 0.2) is 0 Å².